The van der Waals surface area contributed by atoms with E-state index in [0.717, 1.165) is 11.1 Å². The van der Waals surface area contributed by atoms with E-state index in [2.05, 4.69) is 5.32 Å². The molecule has 156 valence electrons. The van der Waals surface area contributed by atoms with E-state index >= 15 is 0 Å². The van der Waals surface area contributed by atoms with Crippen LogP contribution in [0.3, 0.4) is 0 Å². The van der Waals surface area contributed by atoms with E-state index in [9.17, 15) is 23.3 Å². The Morgan fingerprint density at radius 3 is 2.66 bits per heavy atom. The van der Waals surface area contributed by atoms with E-state index in [1.807, 2.05) is 0 Å². The lowest BCUT2D eigenvalue weighted by molar-refractivity contribution is -0.384. The molecule has 0 saturated carbocycles. The average Bonchev–Trinajstić information content (AvgIpc) is 3.26. The number of hydrogen-bond acceptors (Lipinski definition) is 7. The predicted octanol–water partition coefficient (Wildman–Crippen LogP) is 2.43. The number of nitrogens with zero attached hydrogens (tertiary/aromatic N) is 2. The Hall–Kier alpha value is -2.72. The first-order valence-corrected chi connectivity index (χ1v) is 11.0. The first kappa shape index (κ1) is 21.0. The van der Waals surface area contributed by atoms with Gasteiger partial charge in [-0.3, -0.25) is 19.8 Å². The number of rotatable bonds is 7. The second-order valence-corrected chi connectivity index (χ2v) is 9.53. The van der Waals surface area contributed by atoms with Gasteiger partial charge in [0.15, 0.2) is 9.84 Å². The fourth-order valence-electron chi connectivity index (χ4n) is 3.41. The number of nitro groups is 1. The Morgan fingerprint density at radius 2 is 2.07 bits per heavy atom. The standard InChI is InChI=1S/C19H23N3O6S/c1-13-8-17(18(22(24)25)9-14(13)2)20-19(23)11-21(10-16-4-3-6-28-16)15-5-7-29(26,27)12-15/h3-4,6,8-9,15H,5,7,10-12H2,1-2H3,(H,20,23). The van der Waals surface area contributed by atoms with Crippen molar-refractivity contribution in [2.24, 2.45) is 0 Å². The largest absolute Gasteiger partial charge is 0.468 e. The molecule has 0 aliphatic carbocycles. The van der Waals surface area contributed by atoms with Gasteiger partial charge < -0.3 is 9.73 Å². The molecule has 9 nitrogen and oxygen atoms in total. The molecular weight excluding hydrogens is 398 g/mol. The van der Waals surface area contributed by atoms with Gasteiger partial charge in [-0.25, -0.2) is 8.42 Å². The van der Waals surface area contributed by atoms with Crippen LogP contribution in [0.1, 0.15) is 23.3 Å². The van der Waals surface area contributed by atoms with E-state index < -0.39 is 20.7 Å². The molecule has 1 unspecified atom stereocenters. The Bertz CT molecular complexity index is 1020. The highest BCUT2D eigenvalue weighted by Gasteiger charge is 2.33. The molecule has 1 fully saturated rings. The minimum atomic E-state index is -3.14. The molecule has 1 aromatic heterocycles. The first-order valence-electron chi connectivity index (χ1n) is 9.17. The van der Waals surface area contributed by atoms with E-state index in [4.69, 9.17) is 4.42 Å². The van der Waals surface area contributed by atoms with Gasteiger partial charge in [-0.1, -0.05) is 0 Å². The van der Waals surface area contributed by atoms with Crippen molar-refractivity contribution in [2.45, 2.75) is 32.9 Å². The smallest absolute Gasteiger partial charge is 0.293 e. The maximum Gasteiger partial charge on any atom is 0.293 e. The van der Waals surface area contributed by atoms with Crippen molar-refractivity contribution in [1.82, 2.24) is 4.90 Å². The molecule has 1 amide bonds. The molecule has 10 heteroatoms. The molecule has 1 N–H and O–H groups in total. The highest BCUT2D eigenvalue weighted by Crippen LogP contribution is 2.28. The summed E-state index contributed by atoms with van der Waals surface area (Å²) < 4.78 is 29.1. The molecule has 1 aromatic carbocycles. The van der Waals surface area contributed by atoms with Gasteiger partial charge in [-0.05, 0) is 49.6 Å². The fourth-order valence-corrected chi connectivity index (χ4v) is 5.17. The molecule has 2 aromatic rings. The summed E-state index contributed by atoms with van der Waals surface area (Å²) >= 11 is 0. The number of hydrogen-bond donors (Lipinski definition) is 1. The van der Waals surface area contributed by atoms with Crippen molar-refractivity contribution < 1.29 is 22.6 Å². The zero-order valence-corrected chi connectivity index (χ0v) is 17.1. The lowest BCUT2D eigenvalue weighted by atomic mass is 10.1. The van der Waals surface area contributed by atoms with Gasteiger partial charge in [0, 0.05) is 12.1 Å². The molecular formula is C19H23N3O6S. The zero-order valence-electron chi connectivity index (χ0n) is 16.3. The van der Waals surface area contributed by atoms with Crippen molar-refractivity contribution in [1.29, 1.82) is 0 Å². The number of amides is 1. The predicted molar refractivity (Wildman–Crippen MR) is 107 cm³/mol. The summed E-state index contributed by atoms with van der Waals surface area (Å²) in [5.74, 6) is 0.216. The highest BCUT2D eigenvalue weighted by atomic mass is 32.2. The van der Waals surface area contributed by atoms with E-state index in [0.29, 0.717) is 12.2 Å². The summed E-state index contributed by atoms with van der Waals surface area (Å²) in [7, 11) is -3.14. The quantitative estimate of drug-likeness (QED) is 0.538. The number of nitrogens with one attached hydrogen (secondary N) is 1. The van der Waals surface area contributed by atoms with Crippen LogP contribution in [0, 0.1) is 24.0 Å². The normalized spacial score (nSPS) is 18.1. The van der Waals surface area contributed by atoms with Crippen LogP contribution in [0.2, 0.25) is 0 Å². The summed E-state index contributed by atoms with van der Waals surface area (Å²) in [5.41, 5.74) is 1.52. The zero-order chi connectivity index (χ0) is 21.2. The summed E-state index contributed by atoms with van der Waals surface area (Å²) in [6.07, 6.45) is 1.94. The maximum absolute atomic E-state index is 12.7. The Labute approximate surface area is 168 Å². The third-order valence-corrected chi connectivity index (χ3v) is 6.84. The summed E-state index contributed by atoms with van der Waals surface area (Å²) in [6.45, 7) is 3.74. The minimum Gasteiger partial charge on any atom is -0.468 e. The highest BCUT2D eigenvalue weighted by molar-refractivity contribution is 7.91. The molecule has 1 atom stereocenters. The summed E-state index contributed by atoms with van der Waals surface area (Å²) in [6, 6.07) is 6.16. The fraction of sp³-hybridized carbons (Fsp3) is 0.421. The number of anilines is 1. The Kier molecular flexibility index (Phi) is 6.04. The molecule has 29 heavy (non-hydrogen) atoms. The molecule has 2 heterocycles. The van der Waals surface area contributed by atoms with Crippen molar-refractivity contribution in [3.05, 3.63) is 57.5 Å². The third-order valence-electron chi connectivity index (χ3n) is 5.09. The number of nitro benzene ring substituents is 1. The van der Waals surface area contributed by atoms with Gasteiger partial charge in [-0.2, -0.15) is 0 Å². The second-order valence-electron chi connectivity index (χ2n) is 7.30. The Morgan fingerprint density at radius 1 is 1.34 bits per heavy atom. The number of carbonyl (C=O) groups is 1. The maximum atomic E-state index is 12.7. The number of furan rings is 1. The van der Waals surface area contributed by atoms with E-state index in [1.165, 1.54) is 12.3 Å². The Balaban J connectivity index is 1.78. The lowest BCUT2D eigenvalue weighted by Gasteiger charge is -2.26. The van der Waals surface area contributed by atoms with Gasteiger partial charge in [-0.15, -0.1) is 0 Å². The number of carbonyl (C=O) groups excluding carboxylic acids is 1. The second kappa shape index (κ2) is 8.34. The van der Waals surface area contributed by atoms with Crippen molar-refractivity contribution in [3.8, 4) is 0 Å². The van der Waals surface area contributed by atoms with E-state index in [1.54, 1.807) is 36.9 Å². The lowest BCUT2D eigenvalue weighted by Crippen LogP contribution is -2.41. The minimum absolute atomic E-state index is 0.0230. The number of aryl methyl sites for hydroxylation is 2. The number of sulfone groups is 1. The van der Waals surface area contributed by atoms with Gasteiger partial charge in [0.1, 0.15) is 11.4 Å². The van der Waals surface area contributed by atoms with Crippen LogP contribution < -0.4 is 5.32 Å². The van der Waals surface area contributed by atoms with Gasteiger partial charge in [0.2, 0.25) is 5.91 Å². The van der Waals surface area contributed by atoms with Crippen LogP contribution in [0.5, 0.6) is 0 Å². The van der Waals surface area contributed by atoms with Crippen LogP contribution in [0.4, 0.5) is 11.4 Å². The van der Waals surface area contributed by atoms with E-state index in [-0.39, 0.29) is 42.0 Å². The van der Waals surface area contributed by atoms with Gasteiger partial charge >= 0.3 is 0 Å². The van der Waals surface area contributed by atoms with Crippen LogP contribution in [-0.2, 0) is 21.2 Å². The van der Waals surface area contributed by atoms with Crippen LogP contribution >= 0.6 is 0 Å². The molecule has 1 aliphatic rings. The topological polar surface area (TPSA) is 123 Å². The summed E-state index contributed by atoms with van der Waals surface area (Å²) in [5, 5.41) is 14.0. The molecule has 0 radical (unpaired) electrons. The van der Waals surface area contributed by atoms with Crippen LogP contribution in [-0.4, -0.2) is 48.2 Å². The van der Waals surface area contributed by atoms with Gasteiger partial charge in [0.25, 0.3) is 5.69 Å². The molecule has 1 aliphatic heterocycles. The van der Waals surface area contributed by atoms with Crippen molar-refractivity contribution >= 4 is 27.1 Å². The number of benzene rings is 1. The molecule has 0 bridgehead atoms. The SMILES string of the molecule is Cc1cc(NC(=O)CN(Cc2ccco2)C2CCS(=O)(=O)C2)c([N+](=O)[O-])cc1C. The monoisotopic (exact) mass is 421 g/mol. The van der Waals surface area contributed by atoms with Crippen molar-refractivity contribution in [2.75, 3.05) is 23.4 Å². The summed E-state index contributed by atoms with van der Waals surface area (Å²) in [4.78, 5) is 25.2. The molecule has 1 saturated heterocycles. The van der Waals surface area contributed by atoms with Crippen LogP contribution in [0.25, 0.3) is 0 Å². The van der Waals surface area contributed by atoms with Crippen LogP contribution in [0.15, 0.2) is 34.9 Å². The van der Waals surface area contributed by atoms with Crippen molar-refractivity contribution in [3.63, 3.8) is 0 Å². The third kappa shape index (κ3) is 5.21. The average molecular weight is 421 g/mol. The molecule has 3 rings (SSSR count). The first-order chi connectivity index (χ1) is 13.6. The van der Waals surface area contributed by atoms with Gasteiger partial charge in [0.05, 0.1) is 35.8 Å². The molecule has 0 spiro atoms.